The Hall–Kier alpha value is -2.68. The molecule has 0 radical (unpaired) electrons. The highest BCUT2D eigenvalue weighted by Gasteiger charge is 2.56. The van der Waals surface area contributed by atoms with Gasteiger partial charge in [0.25, 0.3) is 0 Å². The molecule has 3 atom stereocenters. The number of aliphatic carboxylic acids is 1. The molecule has 1 heterocycles. The highest BCUT2D eigenvalue weighted by atomic mass is 35.5. The van der Waals surface area contributed by atoms with Gasteiger partial charge in [-0.05, 0) is 48.7 Å². The van der Waals surface area contributed by atoms with Crippen molar-refractivity contribution in [1.82, 2.24) is 5.32 Å². The molecule has 0 saturated heterocycles. The van der Waals surface area contributed by atoms with Crippen LogP contribution in [0.3, 0.4) is 0 Å². The fourth-order valence-electron chi connectivity index (χ4n) is 4.36. The predicted octanol–water partition coefficient (Wildman–Crippen LogP) is 5.71. The Morgan fingerprint density at radius 3 is 2.43 bits per heavy atom. The number of hydrogen-bond acceptors (Lipinski definition) is 4. The minimum atomic E-state index is -1.35. The van der Waals surface area contributed by atoms with E-state index >= 15 is 0 Å². The molecule has 0 aromatic heterocycles. The average molecular weight is 445 g/mol. The molecule has 0 saturated carbocycles. The van der Waals surface area contributed by atoms with Crippen LogP contribution in [0, 0.1) is 16.7 Å². The molecule has 1 aliphatic rings. The number of nitrogens with zero attached hydrogens (tertiary/aromatic N) is 1. The third-order valence-electron chi connectivity index (χ3n) is 5.91. The van der Waals surface area contributed by atoms with Gasteiger partial charge in [-0.25, -0.2) is 0 Å². The smallest absolute Gasteiger partial charge is 0.313 e. The maximum absolute atomic E-state index is 12.9. The maximum Gasteiger partial charge on any atom is 0.313 e. The van der Waals surface area contributed by atoms with Crippen molar-refractivity contribution in [3.63, 3.8) is 0 Å². The fraction of sp³-hybridized carbons (Fsp3) is 0.304. The summed E-state index contributed by atoms with van der Waals surface area (Å²) in [5.41, 5.74) is 0.983. The van der Waals surface area contributed by atoms with Gasteiger partial charge in [-0.15, -0.1) is 0 Å². The maximum atomic E-state index is 12.9. The molecule has 0 amide bonds. The SMILES string of the molecule is CCC1(C(=O)O)C(c2ccc(OC)cc2)NC(C)=C(C#N)C1c1ccc(Cl)cc1Cl. The van der Waals surface area contributed by atoms with Crippen LogP contribution in [-0.4, -0.2) is 18.2 Å². The Balaban J connectivity index is 2.31. The second-order valence-corrected chi connectivity index (χ2v) is 8.14. The van der Waals surface area contributed by atoms with Crippen LogP contribution in [0.25, 0.3) is 0 Å². The van der Waals surface area contributed by atoms with Gasteiger partial charge in [0.05, 0.1) is 24.8 Å². The summed E-state index contributed by atoms with van der Waals surface area (Å²) in [7, 11) is 1.58. The molecule has 2 aromatic rings. The number of carboxylic acid groups (broad SMARTS) is 1. The molecule has 2 N–H and O–H groups in total. The van der Waals surface area contributed by atoms with E-state index in [0.29, 0.717) is 32.6 Å². The minimum Gasteiger partial charge on any atom is -0.497 e. The molecule has 0 fully saturated rings. The number of hydrogen-bond donors (Lipinski definition) is 2. The van der Waals surface area contributed by atoms with Crippen LogP contribution in [0.5, 0.6) is 5.75 Å². The number of benzene rings is 2. The van der Waals surface area contributed by atoms with Crippen molar-refractivity contribution in [2.75, 3.05) is 7.11 Å². The van der Waals surface area contributed by atoms with Gasteiger partial charge in [0.15, 0.2) is 0 Å². The lowest BCUT2D eigenvalue weighted by Crippen LogP contribution is -2.51. The van der Waals surface area contributed by atoms with Crippen molar-refractivity contribution in [3.05, 3.63) is 74.9 Å². The standard InChI is InChI=1S/C23H22Cl2N2O3/c1-4-23(22(28)29)20(17-10-7-15(24)11-19(17)25)18(12-26)13(2)27-21(23)14-5-8-16(30-3)9-6-14/h5-11,20-21,27H,4H2,1-3H3,(H,28,29). The summed E-state index contributed by atoms with van der Waals surface area (Å²) in [5, 5.41) is 24.6. The van der Waals surface area contributed by atoms with Crippen LogP contribution in [0.2, 0.25) is 10.0 Å². The number of carbonyl (C=O) groups is 1. The van der Waals surface area contributed by atoms with Crippen LogP contribution in [0.4, 0.5) is 0 Å². The molecule has 0 spiro atoms. The number of allylic oxidation sites excluding steroid dienone is 2. The van der Waals surface area contributed by atoms with Crippen LogP contribution in [0.1, 0.15) is 43.4 Å². The van der Waals surface area contributed by atoms with Gasteiger partial charge in [-0.2, -0.15) is 5.26 Å². The first-order valence-electron chi connectivity index (χ1n) is 9.49. The molecule has 5 nitrogen and oxygen atoms in total. The largest absolute Gasteiger partial charge is 0.497 e. The Bertz CT molecular complexity index is 1040. The van der Waals surface area contributed by atoms with Crippen molar-refractivity contribution in [2.45, 2.75) is 32.2 Å². The number of ether oxygens (including phenoxy) is 1. The molecule has 2 aromatic carbocycles. The first-order valence-corrected chi connectivity index (χ1v) is 10.2. The molecule has 3 unspecified atom stereocenters. The average Bonchev–Trinajstić information content (AvgIpc) is 2.73. The van der Waals surface area contributed by atoms with Gasteiger partial charge in [-0.3, -0.25) is 4.79 Å². The molecule has 156 valence electrons. The zero-order chi connectivity index (χ0) is 22.1. The number of nitriles is 1. The normalized spacial score (nSPS) is 23.5. The number of nitrogens with one attached hydrogen (secondary N) is 1. The van der Waals surface area contributed by atoms with Crippen molar-refractivity contribution < 1.29 is 14.6 Å². The van der Waals surface area contributed by atoms with Crippen molar-refractivity contribution >= 4 is 29.2 Å². The van der Waals surface area contributed by atoms with Gasteiger partial charge in [0.1, 0.15) is 11.2 Å². The van der Waals surface area contributed by atoms with Gasteiger partial charge >= 0.3 is 5.97 Å². The van der Waals surface area contributed by atoms with Gasteiger partial charge in [-0.1, -0.05) is 48.3 Å². The van der Waals surface area contributed by atoms with Gasteiger partial charge in [0, 0.05) is 21.7 Å². The Morgan fingerprint density at radius 1 is 1.27 bits per heavy atom. The lowest BCUT2D eigenvalue weighted by Gasteiger charge is -2.47. The van der Waals surface area contributed by atoms with E-state index < -0.39 is 23.3 Å². The molecule has 0 aliphatic carbocycles. The van der Waals surface area contributed by atoms with E-state index in [1.54, 1.807) is 44.4 Å². The minimum absolute atomic E-state index is 0.272. The molecule has 7 heteroatoms. The van der Waals surface area contributed by atoms with E-state index in [0.717, 1.165) is 5.56 Å². The lowest BCUT2D eigenvalue weighted by atomic mass is 9.59. The Morgan fingerprint density at radius 2 is 1.93 bits per heavy atom. The van der Waals surface area contributed by atoms with Crippen molar-refractivity contribution in [2.24, 2.45) is 5.41 Å². The molecule has 0 bridgehead atoms. The van der Waals surface area contributed by atoms with Crippen LogP contribution in [-0.2, 0) is 4.79 Å². The summed E-state index contributed by atoms with van der Waals surface area (Å²) in [5.74, 6) is -1.08. The van der Waals surface area contributed by atoms with E-state index in [1.165, 1.54) is 0 Å². The van der Waals surface area contributed by atoms with Crippen LogP contribution in [0.15, 0.2) is 53.7 Å². The second-order valence-electron chi connectivity index (χ2n) is 7.30. The highest BCUT2D eigenvalue weighted by Crippen LogP contribution is 2.56. The lowest BCUT2D eigenvalue weighted by molar-refractivity contribution is -0.153. The van der Waals surface area contributed by atoms with Crippen molar-refractivity contribution in [1.29, 1.82) is 5.26 Å². The molecule has 1 aliphatic heterocycles. The summed E-state index contributed by atoms with van der Waals surface area (Å²) in [4.78, 5) is 12.9. The summed E-state index contributed by atoms with van der Waals surface area (Å²) in [6.45, 7) is 3.60. The second kappa shape index (κ2) is 8.59. The molecular weight excluding hydrogens is 423 g/mol. The Labute approximate surface area is 185 Å². The molecule has 30 heavy (non-hydrogen) atoms. The highest BCUT2D eigenvalue weighted by molar-refractivity contribution is 6.35. The van der Waals surface area contributed by atoms with Gasteiger partial charge < -0.3 is 15.2 Å². The van der Waals surface area contributed by atoms with Crippen LogP contribution >= 0.6 is 23.2 Å². The zero-order valence-electron chi connectivity index (χ0n) is 16.9. The van der Waals surface area contributed by atoms with E-state index in [4.69, 9.17) is 27.9 Å². The third-order valence-corrected chi connectivity index (χ3v) is 6.47. The topological polar surface area (TPSA) is 82.3 Å². The summed E-state index contributed by atoms with van der Waals surface area (Å²) < 4.78 is 5.24. The van der Waals surface area contributed by atoms with E-state index in [-0.39, 0.29) is 6.42 Å². The molecule has 3 rings (SSSR count). The molecular formula is C23H22Cl2N2O3. The number of carboxylic acids is 1. The monoisotopic (exact) mass is 444 g/mol. The summed E-state index contributed by atoms with van der Waals surface area (Å²) >= 11 is 12.6. The quantitative estimate of drug-likeness (QED) is 0.616. The first-order chi connectivity index (χ1) is 14.3. The fourth-order valence-corrected chi connectivity index (χ4v) is 4.88. The predicted molar refractivity (Wildman–Crippen MR) is 117 cm³/mol. The zero-order valence-corrected chi connectivity index (χ0v) is 18.4. The number of halogens is 2. The van der Waals surface area contributed by atoms with E-state index in [1.807, 2.05) is 19.1 Å². The Kier molecular flexibility index (Phi) is 6.30. The first kappa shape index (κ1) is 22.0. The number of rotatable bonds is 5. The van der Waals surface area contributed by atoms with Crippen molar-refractivity contribution in [3.8, 4) is 11.8 Å². The van der Waals surface area contributed by atoms with Gasteiger partial charge in [0.2, 0.25) is 0 Å². The van der Waals surface area contributed by atoms with Crippen LogP contribution < -0.4 is 10.1 Å². The number of methoxy groups -OCH3 is 1. The van der Waals surface area contributed by atoms with E-state index in [9.17, 15) is 15.2 Å². The summed E-state index contributed by atoms with van der Waals surface area (Å²) in [6, 6.07) is 13.9. The third kappa shape index (κ3) is 3.51. The summed E-state index contributed by atoms with van der Waals surface area (Å²) in [6.07, 6.45) is 0.272. The van der Waals surface area contributed by atoms with E-state index in [2.05, 4.69) is 11.4 Å².